The van der Waals surface area contributed by atoms with Crippen molar-refractivity contribution in [2.45, 2.75) is 156 Å². The molecule has 0 aliphatic heterocycles. The first-order valence-electron chi connectivity index (χ1n) is 20.4. The molecule has 342 valence electrons. The van der Waals surface area contributed by atoms with Crippen LogP contribution in [0.25, 0.3) is 0 Å². The number of carboxylic acids is 1. The molecular weight excluding hydrogens is 748 g/mol. The molecule has 0 radical (unpaired) electrons. The second-order valence-electron chi connectivity index (χ2n) is 14.6. The van der Waals surface area contributed by atoms with E-state index in [1.54, 1.807) is 0 Å². The molecule has 16 heteroatoms. The lowest BCUT2D eigenvalue weighted by Gasteiger charge is -2.23. The first kappa shape index (κ1) is 57.7. The Labute approximate surface area is 344 Å². The summed E-state index contributed by atoms with van der Waals surface area (Å²) >= 11 is 0. The van der Waals surface area contributed by atoms with Crippen molar-refractivity contribution >= 4 is 5.97 Å². The van der Waals surface area contributed by atoms with Crippen molar-refractivity contribution in [3.8, 4) is 0 Å². The molecule has 16 nitrogen and oxygen atoms in total. The van der Waals surface area contributed by atoms with E-state index in [9.17, 15) is 9.90 Å². The van der Waals surface area contributed by atoms with Crippen LogP contribution in [0.15, 0.2) is 12.7 Å². The summed E-state index contributed by atoms with van der Waals surface area (Å²) in [6, 6.07) is 0. The van der Waals surface area contributed by atoms with Gasteiger partial charge in [-0.3, -0.25) is 0 Å². The summed E-state index contributed by atoms with van der Waals surface area (Å²) in [6.45, 7) is 31.7. The van der Waals surface area contributed by atoms with Gasteiger partial charge in [0.15, 0.2) is 0 Å². The predicted molar refractivity (Wildman–Crippen MR) is 217 cm³/mol. The van der Waals surface area contributed by atoms with Crippen LogP contribution in [-0.4, -0.2) is 187 Å². The Hall–Kier alpha value is -1.35. The minimum atomic E-state index is -0.981. The molecule has 0 spiro atoms. The van der Waals surface area contributed by atoms with Gasteiger partial charge in [0.1, 0.15) is 6.10 Å². The molecule has 0 saturated carbocycles. The fourth-order valence-electron chi connectivity index (χ4n) is 4.11. The van der Waals surface area contributed by atoms with Gasteiger partial charge in [-0.2, -0.15) is 0 Å². The van der Waals surface area contributed by atoms with E-state index in [0.717, 1.165) is 6.08 Å². The molecular formula is C41H82O16. The van der Waals surface area contributed by atoms with E-state index >= 15 is 0 Å². The number of carbonyl (C=O) groups is 1. The Morgan fingerprint density at radius 1 is 0.439 bits per heavy atom. The standard InChI is InChI=1S/C38H78O14.C3H4O2/c1-13-41-25-38(40)26-52-37(12)24-51-36(11)23-50-35(10)22-49-34(9)21-48-33(8)20-47-32(7)19-46-31(6)18-45-30(5)17-44-29(4)16-43-28(3)15-42-27(2)14-39;1-2-3(4)5/h27-40H,13-26H2,1-12H3;2H,1H2,(H,4,5). The molecule has 0 saturated heterocycles. The Balaban J connectivity index is 0. The number of aliphatic carboxylic acids is 1. The lowest BCUT2D eigenvalue weighted by molar-refractivity contribution is -0.131. The summed E-state index contributed by atoms with van der Waals surface area (Å²) in [6.07, 6.45) is -0.987. The number of carboxylic acid groups (broad SMARTS) is 1. The fourth-order valence-corrected chi connectivity index (χ4v) is 4.11. The molecule has 3 N–H and O–H groups in total. The zero-order valence-corrected chi connectivity index (χ0v) is 37.3. The maximum absolute atomic E-state index is 9.81. The number of hydrogen-bond acceptors (Lipinski definition) is 15. The van der Waals surface area contributed by atoms with Gasteiger partial charge < -0.3 is 72.2 Å². The summed E-state index contributed by atoms with van der Waals surface area (Å²) in [5.74, 6) is -0.981. The van der Waals surface area contributed by atoms with Crippen molar-refractivity contribution in [1.82, 2.24) is 0 Å². The molecule has 0 aromatic rings. The summed E-state index contributed by atoms with van der Waals surface area (Å²) < 4.78 is 69.2. The zero-order valence-electron chi connectivity index (χ0n) is 37.3. The molecule has 57 heavy (non-hydrogen) atoms. The van der Waals surface area contributed by atoms with Crippen LogP contribution in [0.2, 0.25) is 0 Å². The molecule has 0 amide bonds. The van der Waals surface area contributed by atoms with Crippen molar-refractivity contribution in [3.63, 3.8) is 0 Å². The summed E-state index contributed by atoms with van der Waals surface area (Å²) in [5.41, 5.74) is 0. The van der Waals surface area contributed by atoms with Gasteiger partial charge in [-0.05, 0) is 83.1 Å². The van der Waals surface area contributed by atoms with Crippen LogP contribution in [0.4, 0.5) is 0 Å². The van der Waals surface area contributed by atoms with Gasteiger partial charge >= 0.3 is 5.97 Å². The molecule has 0 aromatic heterocycles. The zero-order chi connectivity index (χ0) is 43.6. The molecule has 0 aromatic carbocycles. The van der Waals surface area contributed by atoms with E-state index in [0.29, 0.717) is 72.7 Å². The SMILES string of the molecule is C=CC(=O)O.CCOCC(O)COC(C)COC(C)COC(C)COC(C)COC(C)COC(C)COC(C)COC(C)COC(C)COC(C)COC(C)CO. The first-order valence-corrected chi connectivity index (χ1v) is 20.4. The molecule has 0 aliphatic carbocycles. The average molecular weight is 831 g/mol. The predicted octanol–water partition coefficient (Wildman–Crippen LogP) is 4.09. The van der Waals surface area contributed by atoms with Crippen LogP contribution in [0.5, 0.6) is 0 Å². The number of aliphatic hydroxyl groups is 2. The Kier molecular flexibility index (Phi) is 38.1. The van der Waals surface area contributed by atoms with Crippen LogP contribution in [0.1, 0.15) is 83.1 Å². The van der Waals surface area contributed by atoms with Gasteiger partial charge in [0.25, 0.3) is 0 Å². The average Bonchev–Trinajstić information content (AvgIpc) is 3.19. The Morgan fingerprint density at radius 3 is 0.807 bits per heavy atom. The third-order valence-corrected chi connectivity index (χ3v) is 7.67. The lowest BCUT2D eigenvalue weighted by atomic mass is 10.3. The second-order valence-corrected chi connectivity index (χ2v) is 14.6. The van der Waals surface area contributed by atoms with E-state index in [2.05, 4.69) is 6.58 Å². The third-order valence-electron chi connectivity index (χ3n) is 7.67. The van der Waals surface area contributed by atoms with Gasteiger partial charge in [-0.1, -0.05) is 6.58 Å². The quantitative estimate of drug-likeness (QED) is 0.0755. The molecule has 12 atom stereocenters. The van der Waals surface area contributed by atoms with Crippen LogP contribution < -0.4 is 0 Å². The highest BCUT2D eigenvalue weighted by atomic mass is 16.6. The minimum Gasteiger partial charge on any atom is -0.478 e. The Morgan fingerprint density at radius 2 is 0.632 bits per heavy atom. The van der Waals surface area contributed by atoms with E-state index in [1.807, 2.05) is 83.1 Å². The normalized spacial score (nSPS) is 18.1. The highest BCUT2D eigenvalue weighted by Gasteiger charge is 2.16. The maximum Gasteiger partial charge on any atom is 0.327 e. The molecule has 0 aliphatic rings. The monoisotopic (exact) mass is 831 g/mol. The molecule has 12 unspecified atom stereocenters. The van der Waals surface area contributed by atoms with Crippen molar-refractivity contribution in [2.75, 3.05) is 92.5 Å². The minimum absolute atomic E-state index is 0.00783. The highest BCUT2D eigenvalue weighted by Crippen LogP contribution is 2.07. The number of ether oxygens (including phenoxy) is 12. The third kappa shape index (κ3) is 39.9. The van der Waals surface area contributed by atoms with E-state index < -0.39 is 12.1 Å². The van der Waals surface area contributed by atoms with Crippen molar-refractivity contribution < 1.29 is 77.0 Å². The van der Waals surface area contributed by atoms with Gasteiger partial charge in [-0.25, -0.2) is 4.79 Å². The topological polar surface area (TPSA) is 189 Å². The second kappa shape index (κ2) is 37.6. The summed E-state index contributed by atoms with van der Waals surface area (Å²) in [4.78, 5) is 9.25. The number of aliphatic hydroxyl groups excluding tert-OH is 2. The highest BCUT2D eigenvalue weighted by molar-refractivity contribution is 5.78. The fraction of sp³-hybridized carbons (Fsp3) is 0.927. The Bertz CT molecular complexity index is 916. The van der Waals surface area contributed by atoms with Crippen molar-refractivity contribution in [3.05, 3.63) is 12.7 Å². The maximum atomic E-state index is 9.81. The molecule has 0 heterocycles. The van der Waals surface area contributed by atoms with Gasteiger partial charge in [0.05, 0.1) is 153 Å². The van der Waals surface area contributed by atoms with Gasteiger partial charge in [0, 0.05) is 12.7 Å². The number of rotatable bonds is 38. The van der Waals surface area contributed by atoms with Crippen LogP contribution in [-0.2, 0) is 61.6 Å². The lowest BCUT2D eigenvalue weighted by Crippen LogP contribution is -2.31. The molecule has 0 fully saturated rings. The largest absolute Gasteiger partial charge is 0.478 e. The van der Waals surface area contributed by atoms with Crippen LogP contribution in [0, 0.1) is 0 Å². The van der Waals surface area contributed by atoms with Gasteiger partial charge in [-0.15, -0.1) is 0 Å². The van der Waals surface area contributed by atoms with E-state index in [4.69, 9.17) is 67.1 Å². The van der Waals surface area contributed by atoms with E-state index in [-0.39, 0.29) is 87.0 Å². The summed E-state index contributed by atoms with van der Waals surface area (Å²) in [5, 5.41) is 26.5. The van der Waals surface area contributed by atoms with E-state index in [1.165, 1.54) is 0 Å². The first-order chi connectivity index (χ1) is 26.9. The van der Waals surface area contributed by atoms with Crippen molar-refractivity contribution in [2.24, 2.45) is 0 Å². The van der Waals surface area contributed by atoms with Crippen LogP contribution >= 0.6 is 0 Å². The number of hydrogen-bond donors (Lipinski definition) is 3. The molecule has 0 bridgehead atoms. The smallest absolute Gasteiger partial charge is 0.327 e. The molecule has 0 rings (SSSR count). The van der Waals surface area contributed by atoms with Crippen molar-refractivity contribution in [1.29, 1.82) is 0 Å². The van der Waals surface area contributed by atoms with Gasteiger partial charge in [0.2, 0.25) is 0 Å². The van der Waals surface area contributed by atoms with Crippen LogP contribution in [0.3, 0.4) is 0 Å². The summed E-state index contributed by atoms with van der Waals surface area (Å²) in [7, 11) is 0.